The summed E-state index contributed by atoms with van der Waals surface area (Å²) < 4.78 is 0. The van der Waals surface area contributed by atoms with Crippen LogP contribution in [-0.2, 0) is 4.79 Å². The van der Waals surface area contributed by atoms with Gasteiger partial charge in [-0.15, -0.1) is 0 Å². The Bertz CT molecular complexity index is 1070. The van der Waals surface area contributed by atoms with Crippen LogP contribution in [0.1, 0.15) is 5.56 Å². The van der Waals surface area contributed by atoms with Crippen LogP contribution in [0.4, 0.5) is 0 Å². The molecular formula is C22H18N4OS. The fourth-order valence-electron chi connectivity index (χ4n) is 2.73. The van der Waals surface area contributed by atoms with E-state index in [9.17, 15) is 4.79 Å². The minimum atomic E-state index is -0.178. The largest absolute Gasteiger partial charge is 0.333 e. The summed E-state index contributed by atoms with van der Waals surface area (Å²) in [4.78, 5) is 19.6. The van der Waals surface area contributed by atoms with E-state index < -0.39 is 0 Å². The van der Waals surface area contributed by atoms with Crippen molar-refractivity contribution in [3.8, 4) is 11.1 Å². The van der Waals surface area contributed by atoms with E-state index in [0.29, 0.717) is 0 Å². The van der Waals surface area contributed by atoms with Gasteiger partial charge in [0.25, 0.3) is 5.91 Å². The lowest BCUT2D eigenvalue weighted by molar-refractivity contribution is -0.118. The van der Waals surface area contributed by atoms with Gasteiger partial charge in [0.05, 0.1) is 23.0 Å². The van der Waals surface area contributed by atoms with Gasteiger partial charge in [0.1, 0.15) is 0 Å². The molecular weight excluding hydrogens is 368 g/mol. The second kappa shape index (κ2) is 8.54. The van der Waals surface area contributed by atoms with Gasteiger partial charge in [0.15, 0.2) is 5.16 Å². The Labute approximate surface area is 166 Å². The molecule has 1 amide bonds. The number of amides is 1. The zero-order valence-corrected chi connectivity index (χ0v) is 15.8. The van der Waals surface area contributed by atoms with Crippen molar-refractivity contribution in [1.82, 2.24) is 15.4 Å². The number of rotatable bonds is 6. The molecule has 0 radical (unpaired) electrons. The van der Waals surface area contributed by atoms with Gasteiger partial charge in [0.2, 0.25) is 0 Å². The summed E-state index contributed by atoms with van der Waals surface area (Å²) >= 11 is 1.35. The summed E-state index contributed by atoms with van der Waals surface area (Å²) in [6, 6.07) is 26.0. The monoisotopic (exact) mass is 386 g/mol. The maximum absolute atomic E-state index is 12.0. The summed E-state index contributed by atoms with van der Waals surface area (Å²) in [7, 11) is 0. The zero-order chi connectivity index (χ0) is 19.2. The molecule has 4 aromatic rings. The third-order valence-corrected chi connectivity index (χ3v) is 5.00. The second-order valence-corrected chi connectivity index (χ2v) is 7.09. The number of hydrogen-bond acceptors (Lipinski definition) is 4. The summed E-state index contributed by atoms with van der Waals surface area (Å²) in [5.74, 6) is 0.0620. The van der Waals surface area contributed by atoms with Gasteiger partial charge in [-0.3, -0.25) is 4.79 Å². The number of para-hydroxylation sites is 2. The van der Waals surface area contributed by atoms with E-state index in [-0.39, 0.29) is 11.7 Å². The minimum absolute atomic E-state index is 0.178. The predicted octanol–water partition coefficient (Wildman–Crippen LogP) is 4.47. The minimum Gasteiger partial charge on any atom is -0.333 e. The molecule has 0 spiro atoms. The Morgan fingerprint density at radius 3 is 2.46 bits per heavy atom. The molecule has 4 rings (SSSR count). The average molecular weight is 386 g/mol. The Hall–Kier alpha value is -3.38. The molecule has 1 heterocycles. The van der Waals surface area contributed by atoms with E-state index >= 15 is 0 Å². The Morgan fingerprint density at radius 1 is 0.964 bits per heavy atom. The molecule has 0 saturated carbocycles. The standard InChI is InChI=1S/C22H18N4OS/c27-21(15-28-22-24-19-8-4-5-9-20(19)25-22)26-23-14-16-10-12-18(13-11-16)17-6-2-1-3-7-17/h1-14H,15H2,(H,24,25)(H,26,27). The average Bonchev–Trinajstić information content (AvgIpc) is 3.16. The van der Waals surface area contributed by atoms with Crippen LogP contribution in [-0.4, -0.2) is 27.8 Å². The van der Waals surface area contributed by atoms with Crippen molar-refractivity contribution in [3.05, 3.63) is 84.4 Å². The molecule has 1 aromatic heterocycles. The smallest absolute Gasteiger partial charge is 0.250 e. The van der Waals surface area contributed by atoms with Crippen LogP contribution in [0.25, 0.3) is 22.2 Å². The maximum atomic E-state index is 12.0. The summed E-state index contributed by atoms with van der Waals surface area (Å²) in [6.07, 6.45) is 1.64. The second-order valence-electron chi connectivity index (χ2n) is 6.13. The van der Waals surface area contributed by atoms with E-state index in [2.05, 4.69) is 32.6 Å². The molecule has 6 heteroatoms. The van der Waals surface area contributed by atoms with Crippen molar-refractivity contribution in [1.29, 1.82) is 0 Å². The van der Waals surface area contributed by atoms with Crippen LogP contribution < -0.4 is 5.43 Å². The van der Waals surface area contributed by atoms with Gasteiger partial charge < -0.3 is 4.98 Å². The molecule has 28 heavy (non-hydrogen) atoms. The number of carbonyl (C=O) groups excluding carboxylic acids is 1. The molecule has 3 aromatic carbocycles. The van der Waals surface area contributed by atoms with Crippen molar-refractivity contribution in [2.75, 3.05) is 5.75 Å². The topological polar surface area (TPSA) is 70.1 Å². The quantitative estimate of drug-likeness (QED) is 0.292. The number of fused-ring (bicyclic) bond motifs is 1. The maximum Gasteiger partial charge on any atom is 0.250 e. The lowest BCUT2D eigenvalue weighted by Crippen LogP contribution is -2.19. The number of nitrogens with zero attached hydrogens (tertiary/aromatic N) is 2. The predicted molar refractivity (Wildman–Crippen MR) is 114 cm³/mol. The zero-order valence-electron chi connectivity index (χ0n) is 15.0. The molecule has 0 aliphatic rings. The van der Waals surface area contributed by atoms with Crippen LogP contribution in [0.15, 0.2) is 89.1 Å². The van der Waals surface area contributed by atoms with E-state index in [1.165, 1.54) is 17.3 Å². The van der Waals surface area contributed by atoms with Crippen molar-refractivity contribution < 1.29 is 4.79 Å². The molecule has 5 nitrogen and oxygen atoms in total. The summed E-state index contributed by atoms with van der Waals surface area (Å²) in [5, 5.41) is 4.75. The highest BCUT2D eigenvalue weighted by Gasteiger charge is 2.06. The van der Waals surface area contributed by atoms with Gasteiger partial charge in [-0.25, -0.2) is 10.4 Å². The van der Waals surface area contributed by atoms with Gasteiger partial charge in [-0.1, -0.05) is 78.5 Å². The number of thioether (sulfide) groups is 1. The van der Waals surface area contributed by atoms with E-state index in [1.54, 1.807) is 6.21 Å². The highest BCUT2D eigenvalue weighted by Crippen LogP contribution is 2.19. The molecule has 0 atom stereocenters. The Kier molecular flexibility index (Phi) is 5.49. The SMILES string of the molecule is O=C(CSc1nc2ccccc2[nH]1)NN=Cc1ccc(-c2ccccc2)cc1. The first-order valence-electron chi connectivity index (χ1n) is 8.83. The number of H-pyrrole nitrogens is 1. The Balaban J connectivity index is 1.28. The third-order valence-electron chi connectivity index (χ3n) is 4.13. The summed E-state index contributed by atoms with van der Waals surface area (Å²) in [5.41, 5.74) is 7.63. The molecule has 2 N–H and O–H groups in total. The lowest BCUT2D eigenvalue weighted by atomic mass is 10.0. The van der Waals surface area contributed by atoms with Crippen LogP contribution in [0.3, 0.4) is 0 Å². The molecule has 138 valence electrons. The number of benzene rings is 3. The number of hydrogen-bond donors (Lipinski definition) is 2. The molecule has 0 saturated heterocycles. The normalized spacial score (nSPS) is 11.1. The summed E-state index contributed by atoms with van der Waals surface area (Å²) in [6.45, 7) is 0. The number of carbonyl (C=O) groups is 1. The van der Waals surface area contributed by atoms with E-state index in [1.807, 2.05) is 66.7 Å². The number of aromatic amines is 1. The fourth-order valence-corrected chi connectivity index (χ4v) is 3.41. The third kappa shape index (κ3) is 4.47. The van der Waals surface area contributed by atoms with Crippen molar-refractivity contribution in [2.45, 2.75) is 5.16 Å². The number of imidazole rings is 1. The lowest BCUT2D eigenvalue weighted by Gasteiger charge is -2.02. The molecule has 0 fully saturated rings. The highest BCUT2D eigenvalue weighted by atomic mass is 32.2. The van der Waals surface area contributed by atoms with Gasteiger partial charge in [0, 0.05) is 0 Å². The van der Waals surface area contributed by atoms with Crippen LogP contribution >= 0.6 is 11.8 Å². The number of nitrogens with one attached hydrogen (secondary N) is 2. The van der Waals surface area contributed by atoms with Crippen LogP contribution in [0.2, 0.25) is 0 Å². The van der Waals surface area contributed by atoms with Gasteiger partial charge in [-0.05, 0) is 28.8 Å². The first-order valence-corrected chi connectivity index (χ1v) is 9.81. The molecule has 0 aliphatic heterocycles. The molecule has 0 bridgehead atoms. The number of hydrazone groups is 1. The fraction of sp³-hybridized carbons (Fsp3) is 0.0455. The van der Waals surface area contributed by atoms with E-state index in [4.69, 9.17) is 0 Å². The van der Waals surface area contributed by atoms with Gasteiger partial charge in [-0.2, -0.15) is 5.10 Å². The molecule has 0 unspecified atom stereocenters. The van der Waals surface area contributed by atoms with Crippen LogP contribution in [0, 0.1) is 0 Å². The number of aromatic nitrogens is 2. The first-order chi connectivity index (χ1) is 13.8. The van der Waals surface area contributed by atoms with Gasteiger partial charge >= 0.3 is 0 Å². The van der Waals surface area contributed by atoms with Crippen molar-refractivity contribution >= 4 is 34.9 Å². The van der Waals surface area contributed by atoms with Crippen molar-refractivity contribution in [2.24, 2.45) is 5.10 Å². The van der Waals surface area contributed by atoms with Crippen molar-refractivity contribution in [3.63, 3.8) is 0 Å². The van der Waals surface area contributed by atoms with E-state index in [0.717, 1.165) is 27.3 Å². The molecule has 0 aliphatic carbocycles. The van der Waals surface area contributed by atoms with Crippen LogP contribution in [0.5, 0.6) is 0 Å². The Morgan fingerprint density at radius 2 is 1.68 bits per heavy atom. The highest BCUT2D eigenvalue weighted by molar-refractivity contribution is 7.99. The first kappa shape index (κ1) is 18.0.